The SMILES string of the molecule is Cc1cc(C(c2cnc[nH]2)n2ccnc2N)ccc1Cl. The van der Waals surface area contributed by atoms with E-state index in [-0.39, 0.29) is 6.04 Å². The summed E-state index contributed by atoms with van der Waals surface area (Å²) >= 11 is 6.10. The molecular weight excluding hydrogens is 274 g/mol. The van der Waals surface area contributed by atoms with Gasteiger partial charge in [-0.05, 0) is 24.1 Å². The first-order valence-electron chi connectivity index (χ1n) is 6.19. The minimum Gasteiger partial charge on any atom is -0.369 e. The van der Waals surface area contributed by atoms with E-state index in [0.29, 0.717) is 5.95 Å². The number of aryl methyl sites for hydroxylation is 1. The van der Waals surface area contributed by atoms with Crippen LogP contribution in [0.2, 0.25) is 5.02 Å². The lowest BCUT2D eigenvalue weighted by molar-refractivity contribution is 0.670. The van der Waals surface area contributed by atoms with Crippen LogP contribution < -0.4 is 5.73 Å². The van der Waals surface area contributed by atoms with Gasteiger partial charge in [0.05, 0.1) is 18.2 Å². The Morgan fingerprint density at radius 2 is 2.25 bits per heavy atom. The molecule has 0 amide bonds. The van der Waals surface area contributed by atoms with Gasteiger partial charge in [0, 0.05) is 17.4 Å². The molecule has 0 fully saturated rings. The molecule has 2 heterocycles. The predicted octanol–water partition coefficient (Wildman–Crippen LogP) is 2.79. The van der Waals surface area contributed by atoms with Gasteiger partial charge in [-0.3, -0.25) is 0 Å². The van der Waals surface area contributed by atoms with E-state index >= 15 is 0 Å². The number of hydrogen-bond donors (Lipinski definition) is 2. The summed E-state index contributed by atoms with van der Waals surface area (Å²) < 4.78 is 1.90. The minimum atomic E-state index is -0.101. The highest BCUT2D eigenvalue weighted by Gasteiger charge is 2.20. The maximum Gasteiger partial charge on any atom is 0.201 e. The van der Waals surface area contributed by atoms with Crippen molar-refractivity contribution in [1.29, 1.82) is 0 Å². The van der Waals surface area contributed by atoms with Crippen LogP contribution in [0.4, 0.5) is 5.95 Å². The lowest BCUT2D eigenvalue weighted by Gasteiger charge is -2.19. The molecule has 1 atom stereocenters. The van der Waals surface area contributed by atoms with E-state index in [9.17, 15) is 0 Å². The lowest BCUT2D eigenvalue weighted by Crippen LogP contribution is -2.14. The molecule has 6 heteroatoms. The summed E-state index contributed by atoms with van der Waals surface area (Å²) in [6, 6.07) is 5.83. The monoisotopic (exact) mass is 287 g/mol. The number of nitrogens with two attached hydrogens (primary N) is 1. The van der Waals surface area contributed by atoms with Crippen molar-refractivity contribution in [2.24, 2.45) is 0 Å². The maximum absolute atomic E-state index is 6.10. The van der Waals surface area contributed by atoms with Crippen molar-refractivity contribution < 1.29 is 0 Å². The number of rotatable bonds is 3. The highest BCUT2D eigenvalue weighted by atomic mass is 35.5. The summed E-state index contributed by atoms with van der Waals surface area (Å²) in [5.74, 6) is 0.456. The minimum absolute atomic E-state index is 0.101. The van der Waals surface area contributed by atoms with Crippen LogP contribution >= 0.6 is 11.6 Å². The Bertz CT molecular complexity index is 717. The molecule has 2 aromatic heterocycles. The van der Waals surface area contributed by atoms with E-state index in [1.807, 2.05) is 35.9 Å². The number of H-pyrrole nitrogens is 1. The van der Waals surface area contributed by atoms with Gasteiger partial charge in [-0.2, -0.15) is 0 Å². The van der Waals surface area contributed by atoms with Crippen molar-refractivity contribution in [3.05, 3.63) is 65.0 Å². The second-order valence-electron chi connectivity index (χ2n) is 4.61. The van der Waals surface area contributed by atoms with Crippen molar-refractivity contribution in [1.82, 2.24) is 19.5 Å². The number of imidazole rings is 2. The van der Waals surface area contributed by atoms with Gasteiger partial charge in [0.25, 0.3) is 0 Å². The molecule has 0 aliphatic heterocycles. The third kappa shape index (κ3) is 2.16. The lowest BCUT2D eigenvalue weighted by atomic mass is 10.0. The molecule has 0 saturated heterocycles. The number of halogens is 1. The van der Waals surface area contributed by atoms with Gasteiger partial charge >= 0.3 is 0 Å². The van der Waals surface area contributed by atoms with Crippen LogP contribution in [0.25, 0.3) is 0 Å². The van der Waals surface area contributed by atoms with Crippen molar-refractivity contribution in [3.63, 3.8) is 0 Å². The molecule has 3 aromatic rings. The van der Waals surface area contributed by atoms with E-state index in [0.717, 1.165) is 21.8 Å². The first-order valence-corrected chi connectivity index (χ1v) is 6.57. The zero-order chi connectivity index (χ0) is 14.1. The van der Waals surface area contributed by atoms with Crippen LogP contribution in [-0.2, 0) is 0 Å². The molecule has 102 valence electrons. The number of nitrogen functional groups attached to an aromatic ring is 1. The number of anilines is 1. The van der Waals surface area contributed by atoms with E-state index in [4.69, 9.17) is 17.3 Å². The summed E-state index contributed by atoms with van der Waals surface area (Å²) in [6.07, 6.45) is 6.97. The molecule has 0 bridgehead atoms. The third-order valence-corrected chi connectivity index (χ3v) is 3.71. The van der Waals surface area contributed by atoms with Crippen LogP contribution in [0.5, 0.6) is 0 Å². The fraction of sp³-hybridized carbons (Fsp3) is 0.143. The molecule has 0 aliphatic rings. The fourth-order valence-electron chi connectivity index (χ4n) is 2.29. The van der Waals surface area contributed by atoms with Crippen molar-refractivity contribution in [2.75, 3.05) is 5.73 Å². The van der Waals surface area contributed by atoms with Crippen LogP contribution in [0, 0.1) is 6.92 Å². The topological polar surface area (TPSA) is 72.5 Å². The largest absolute Gasteiger partial charge is 0.369 e. The number of aromatic amines is 1. The zero-order valence-corrected chi connectivity index (χ0v) is 11.7. The van der Waals surface area contributed by atoms with Crippen LogP contribution in [0.1, 0.15) is 22.9 Å². The standard InChI is InChI=1S/C14H14ClN5/c1-9-6-10(2-3-11(9)15)13(12-7-17-8-19-12)20-5-4-18-14(20)16/h2-8,13H,1H3,(H2,16,18)(H,17,19). The van der Waals surface area contributed by atoms with Crippen LogP contribution in [-0.4, -0.2) is 19.5 Å². The Balaban J connectivity index is 2.15. The Kier molecular flexibility index (Phi) is 3.20. The van der Waals surface area contributed by atoms with Crippen LogP contribution in [0.3, 0.4) is 0 Å². The number of hydrogen-bond acceptors (Lipinski definition) is 3. The molecule has 0 aliphatic carbocycles. The summed E-state index contributed by atoms with van der Waals surface area (Å²) in [6.45, 7) is 1.98. The van der Waals surface area contributed by atoms with Gasteiger partial charge in [0.2, 0.25) is 5.95 Å². The summed E-state index contributed by atoms with van der Waals surface area (Å²) in [7, 11) is 0. The van der Waals surface area contributed by atoms with Gasteiger partial charge in [-0.15, -0.1) is 0 Å². The molecule has 0 radical (unpaired) electrons. The van der Waals surface area contributed by atoms with Crippen LogP contribution in [0.15, 0.2) is 43.1 Å². The molecule has 1 aromatic carbocycles. The normalized spacial score (nSPS) is 12.5. The van der Waals surface area contributed by atoms with Gasteiger partial charge < -0.3 is 15.3 Å². The molecule has 3 N–H and O–H groups in total. The predicted molar refractivity (Wildman–Crippen MR) is 78.7 cm³/mol. The van der Waals surface area contributed by atoms with E-state index in [2.05, 4.69) is 15.0 Å². The van der Waals surface area contributed by atoms with Crippen molar-refractivity contribution in [2.45, 2.75) is 13.0 Å². The first kappa shape index (κ1) is 12.7. The second-order valence-corrected chi connectivity index (χ2v) is 5.02. The molecule has 3 rings (SSSR count). The zero-order valence-electron chi connectivity index (χ0n) is 10.9. The first-order chi connectivity index (χ1) is 9.66. The molecule has 0 spiro atoms. The Morgan fingerprint density at radius 1 is 1.40 bits per heavy atom. The van der Waals surface area contributed by atoms with Crippen molar-refractivity contribution >= 4 is 17.5 Å². The molecule has 5 nitrogen and oxygen atoms in total. The van der Waals surface area contributed by atoms with Gasteiger partial charge in [0.15, 0.2) is 0 Å². The molecule has 1 unspecified atom stereocenters. The molecular formula is C14H14ClN5. The highest BCUT2D eigenvalue weighted by Crippen LogP contribution is 2.29. The average molecular weight is 288 g/mol. The third-order valence-electron chi connectivity index (χ3n) is 3.29. The number of benzene rings is 1. The Hall–Kier alpha value is -2.27. The van der Waals surface area contributed by atoms with Crippen molar-refractivity contribution in [3.8, 4) is 0 Å². The maximum atomic E-state index is 6.10. The van der Waals surface area contributed by atoms with Gasteiger partial charge in [-0.25, -0.2) is 9.97 Å². The number of aromatic nitrogens is 4. The second kappa shape index (κ2) is 5.02. The summed E-state index contributed by atoms with van der Waals surface area (Å²) in [4.78, 5) is 11.3. The number of nitrogens with one attached hydrogen (secondary N) is 1. The average Bonchev–Trinajstić information content (AvgIpc) is 3.07. The van der Waals surface area contributed by atoms with E-state index in [1.54, 1.807) is 18.7 Å². The fourth-order valence-corrected chi connectivity index (χ4v) is 2.40. The summed E-state index contributed by atoms with van der Waals surface area (Å²) in [5.41, 5.74) is 8.98. The number of nitrogens with zero attached hydrogens (tertiary/aromatic N) is 3. The van der Waals surface area contributed by atoms with E-state index < -0.39 is 0 Å². The summed E-state index contributed by atoms with van der Waals surface area (Å²) in [5, 5.41) is 0.746. The van der Waals surface area contributed by atoms with Gasteiger partial charge in [-0.1, -0.05) is 23.7 Å². The Labute approximate surface area is 121 Å². The smallest absolute Gasteiger partial charge is 0.201 e. The quantitative estimate of drug-likeness (QED) is 0.778. The highest BCUT2D eigenvalue weighted by molar-refractivity contribution is 6.31. The van der Waals surface area contributed by atoms with Gasteiger partial charge in [0.1, 0.15) is 6.04 Å². The molecule has 0 saturated carbocycles. The molecule has 20 heavy (non-hydrogen) atoms. The Morgan fingerprint density at radius 3 is 2.85 bits per heavy atom. The van der Waals surface area contributed by atoms with E-state index in [1.165, 1.54) is 0 Å².